The summed E-state index contributed by atoms with van der Waals surface area (Å²) in [6, 6.07) is 14.0. The van der Waals surface area contributed by atoms with Crippen LogP contribution in [-0.4, -0.2) is 30.5 Å². The molecule has 0 atom stereocenters. The molecular formula is C24H17BrF4N4O4. The van der Waals surface area contributed by atoms with Gasteiger partial charge in [0.1, 0.15) is 11.6 Å². The van der Waals surface area contributed by atoms with Gasteiger partial charge in [0, 0.05) is 15.7 Å². The summed E-state index contributed by atoms with van der Waals surface area (Å²) in [5.74, 6) is -3.61. The summed E-state index contributed by atoms with van der Waals surface area (Å²) in [7, 11) is 0. The van der Waals surface area contributed by atoms with Crippen molar-refractivity contribution >= 4 is 51.2 Å². The lowest BCUT2D eigenvalue weighted by molar-refractivity contribution is -0.137. The second-order valence-corrected chi connectivity index (χ2v) is 8.15. The summed E-state index contributed by atoms with van der Waals surface area (Å²) >= 11 is 3.26. The van der Waals surface area contributed by atoms with Crippen molar-refractivity contribution in [1.29, 1.82) is 0 Å². The van der Waals surface area contributed by atoms with Gasteiger partial charge in [-0.2, -0.15) is 18.3 Å². The molecule has 3 rings (SSSR count). The number of nitrogens with one attached hydrogen (secondary N) is 3. The van der Waals surface area contributed by atoms with Crippen LogP contribution in [0.25, 0.3) is 0 Å². The van der Waals surface area contributed by atoms with Crippen molar-refractivity contribution in [2.24, 2.45) is 5.10 Å². The van der Waals surface area contributed by atoms with Gasteiger partial charge >= 0.3 is 18.0 Å². The molecule has 0 saturated heterocycles. The van der Waals surface area contributed by atoms with Crippen LogP contribution in [0, 0.1) is 5.82 Å². The van der Waals surface area contributed by atoms with Crippen molar-refractivity contribution in [2.45, 2.75) is 6.18 Å². The Hall–Kier alpha value is -4.26. The van der Waals surface area contributed by atoms with E-state index in [-0.39, 0.29) is 22.7 Å². The number of carbonyl (C=O) groups is 3. The van der Waals surface area contributed by atoms with Crippen LogP contribution in [0.2, 0.25) is 0 Å². The monoisotopic (exact) mass is 580 g/mol. The fourth-order valence-electron chi connectivity index (χ4n) is 2.82. The van der Waals surface area contributed by atoms with E-state index >= 15 is 0 Å². The SMILES string of the molecule is O=C(COc1ccc(Br)cc1/C=N\NC(=O)C(=O)Nc1ccccc1F)Nc1cccc(C(F)(F)F)c1. The average Bonchev–Trinajstić information content (AvgIpc) is 2.84. The normalized spacial score (nSPS) is 11.2. The molecule has 0 unspecified atom stereocenters. The Morgan fingerprint density at radius 2 is 1.70 bits per heavy atom. The summed E-state index contributed by atoms with van der Waals surface area (Å²) in [6.07, 6.45) is -3.42. The number of anilines is 2. The second-order valence-electron chi connectivity index (χ2n) is 7.23. The maximum atomic E-state index is 13.6. The van der Waals surface area contributed by atoms with Crippen LogP contribution < -0.4 is 20.8 Å². The molecule has 0 aromatic heterocycles. The number of hydrazone groups is 1. The first-order chi connectivity index (χ1) is 17.5. The molecule has 0 heterocycles. The lowest BCUT2D eigenvalue weighted by Gasteiger charge is -2.12. The number of hydrogen-bond donors (Lipinski definition) is 3. The fourth-order valence-corrected chi connectivity index (χ4v) is 3.20. The maximum Gasteiger partial charge on any atom is 0.416 e. The molecule has 0 saturated carbocycles. The molecule has 0 aliphatic heterocycles. The molecular weight excluding hydrogens is 564 g/mol. The first kappa shape index (κ1) is 27.3. The fraction of sp³-hybridized carbons (Fsp3) is 0.0833. The lowest BCUT2D eigenvalue weighted by atomic mass is 10.2. The summed E-state index contributed by atoms with van der Waals surface area (Å²) in [4.78, 5) is 36.1. The van der Waals surface area contributed by atoms with Crippen LogP contribution in [0.15, 0.2) is 76.3 Å². The van der Waals surface area contributed by atoms with Crippen molar-refractivity contribution < 1.29 is 36.7 Å². The first-order valence-electron chi connectivity index (χ1n) is 10.3. The van der Waals surface area contributed by atoms with Crippen LogP contribution in [-0.2, 0) is 20.6 Å². The van der Waals surface area contributed by atoms with Gasteiger partial charge in [0.2, 0.25) is 0 Å². The third kappa shape index (κ3) is 8.14. The molecule has 0 bridgehead atoms. The third-order valence-corrected chi connectivity index (χ3v) is 5.00. The highest BCUT2D eigenvalue weighted by molar-refractivity contribution is 9.10. The predicted octanol–water partition coefficient (Wildman–Crippen LogP) is 4.71. The molecule has 0 fully saturated rings. The molecule has 0 radical (unpaired) electrons. The minimum absolute atomic E-state index is 0.0580. The van der Waals surface area contributed by atoms with Gasteiger partial charge in [0.15, 0.2) is 6.61 Å². The van der Waals surface area contributed by atoms with Crippen LogP contribution in [0.3, 0.4) is 0 Å². The highest BCUT2D eigenvalue weighted by Gasteiger charge is 2.30. The standard InChI is InChI=1S/C24H17BrF4N4O4/c25-16-8-9-20(37-13-21(34)31-17-5-3-4-15(11-17)24(27,28)29)14(10-16)12-30-33-23(36)22(35)32-19-7-2-1-6-18(19)26/h1-12H,13H2,(H,31,34)(H,32,35)(H,33,36)/b30-12-. The van der Waals surface area contributed by atoms with Crippen molar-refractivity contribution in [1.82, 2.24) is 5.43 Å². The van der Waals surface area contributed by atoms with E-state index in [9.17, 15) is 31.9 Å². The summed E-state index contributed by atoms with van der Waals surface area (Å²) < 4.78 is 58.2. The Morgan fingerprint density at radius 1 is 0.946 bits per heavy atom. The van der Waals surface area contributed by atoms with Gasteiger partial charge in [-0.3, -0.25) is 14.4 Å². The van der Waals surface area contributed by atoms with Gasteiger partial charge in [-0.05, 0) is 48.5 Å². The van der Waals surface area contributed by atoms with E-state index in [1.54, 1.807) is 6.07 Å². The van der Waals surface area contributed by atoms with Gasteiger partial charge in [0.25, 0.3) is 5.91 Å². The number of halogens is 5. The quantitative estimate of drug-likeness (QED) is 0.163. The van der Waals surface area contributed by atoms with Crippen molar-refractivity contribution in [2.75, 3.05) is 17.2 Å². The Bertz CT molecular complexity index is 1350. The minimum atomic E-state index is -4.56. The largest absolute Gasteiger partial charge is 0.483 e. The minimum Gasteiger partial charge on any atom is -0.483 e. The van der Waals surface area contributed by atoms with Crippen molar-refractivity contribution in [3.8, 4) is 5.75 Å². The number of ether oxygens (including phenoxy) is 1. The van der Waals surface area contributed by atoms with Gasteiger partial charge in [-0.1, -0.05) is 34.1 Å². The van der Waals surface area contributed by atoms with Gasteiger partial charge in [-0.15, -0.1) is 0 Å². The van der Waals surface area contributed by atoms with Gasteiger partial charge in [0.05, 0.1) is 17.5 Å². The number of hydrogen-bond acceptors (Lipinski definition) is 5. The topological polar surface area (TPSA) is 109 Å². The van der Waals surface area contributed by atoms with Crippen molar-refractivity contribution in [3.63, 3.8) is 0 Å². The Balaban J connectivity index is 1.59. The molecule has 13 heteroatoms. The van der Waals surface area contributed by atoms with E-state index in [1.165, 1.54) is 36.4 Å². The van der Waals surface area contributed by atoms with Gasteiger partial charge < -0.3 is 15.4 Å². The number of rotatable bonds is 7. The average molecular weight is 581 g/mol. The molecule has 3 amide bonds. The highest BCUT2D eigenvalue weighted by Crippen LogP contribution is 2.30. The Morgan fingerprint density at radius 3 is 2.43 bits per heavy atom. The lowest BCUT2D eigenvalue weighted by Crippen LogP contribution is -2.32. The van der Waals surface area contributed by atoms with E-state index in [2.05, 4.69) is 31.7 Å². The smallest absolute Gasteiger partial charge is 0.416 e. The van der Waals surface area contributed by atoms with Crippen LogP contribution in [0.1, 0.15) is 11.1 Å². The molecule has 0 aliphatic rings. The molecule has 192 valence electrons. The molecule has 0 aliphatic carbocycles. The molecule has 8 nitrogen and oxygen atoms in total. The van der Waals surface area contributed by atoms with E-state index in [1.807, 2.05) is 5.43 Å². The Labute approximate surface area is 215 Å². The summed E-state index contributed by atoms with van der Waals surface area (Å²) in [6.45, 7) is -0.546. The summed E-state index contributed by atoms with van der Waals surface area (Å²) in [5.41, 5.74) is 1.12. The van der Waals surface area contributed by atoms with E-state index in [0.29, 0.717) is 4.47 Å². The zero-order valence-electron chi connectivity index (χ0n) is 18.6. The van der Waals surface area contributed by atoms with E-state index < -0.39 is 41.9 Å². The number of para-hydroxylation sites is 1. The van der Waals surface area contributed by atoms with Crippen molar-refractivity contribution in [3.05, 3.63) is 88.1 Å². The molecule has 3 N–H and O–H groups in total. The maximum absolute atomic E-state index is 13.6. The zero-order chi connectivity index (χ0) is 27.0. The van der Waals surface area contributed by atoms with Gasteiger partial charge in [-0.25, -0.2) is 9.82 Å². The first-order valence-corrected chi connectivity index (χ1v) is 11.1. The van der Waals surface area contributed by atoms with Crippen LogP contribution >= 0.6 is 15.9 Å². The van der Waals surface area contributed by atoms with E-state index in [4.69, 9.17) is 4.74 Å². The predicted molar refractivity (Wildman–Crippen MR) is 130 cm³/mol. The Kier molecular flexibility index (Phi) is 8.95. The molecule has 3 aromatic carbocycles. The highest BCUT2D eigenvalue weighted by atomic mass is 79.9. The molecule has 3 aromatic rings. The number of carbonyl (C=O) groups excluding carboxylic acids is 3. The number of amides is 3. The number of alkyl halides is 3. The number of benzene rings is 3. The third-order valence-electron chi connectivity index (χ3n) is 4.50. The van der Waals surface area contributed by atoms with Crippen LogP contribution in [0.5, 0.6) is 5.75 Å². The summed E-state index contributed by atoms with van der Waals surface area (Å²) in [5, 5.41) is 8.09. The molecule has 37 heavy (non-hydrogen) atoms. The zero-order valence-corrected chi connectivity index (χ0v) is 20.2. The molecule has 0 spiro atoms. The van der Waals surface area contributed by atoms with Crippen LogP contribution in [0.4, 0.5) is 28.9 Å². The number of nitrogens with zero attached hydrogens (tertiary/aromatic N) is 1. The van der Waals surface area contributed by atoms with E-state index in [0.717, 1.165) is 30.5 Å². The second kappa shape index (κ2) is 12.1.